The maximum atomic E-state index is 13.8. The van der Waals surface area contributed by atoms with E-state index in [1.54, 1.807) is 32.0 Å². The summed E-state index contributed by atoms with van der Waals surface area (Å²) in [6.45, 7) is 3.40. The van der Waals surface area contributed by atoms with Gasteiger partial charge in [-0.3, -0.25) is 13.9 Å². The number of sulfonamides is 1. The van der Waals surface area contributed by atoms with Crippen molar-refractivity contribution in [2.24, 2.45) is 17.8 Å². The molecule has 4 fully saturated rings. The van der Waals surface area contributed by atoms with E-state index in [0.717, 1.165) is 28.3 Å². The van der Waals surface area contributed by atoms with E-state index in [1.165, 1.54) is 49.0 Å². The molecule has 10 heteroatoms. The molecule has 6 rings (SSSR count). The minimum Gasteiger partial charge on any atom is -0.355 e. The van der Waals surface area contributed by atoms with Gasteiger partial charge in [0.2, 0.25) is 21.8 Å². The Balaban J connectivity index is 1.40. The maximum absolute atomic E-state index is 13.8. The number of likely N-dealkylation sites (N-methyl/N-ethyl adjacent to an activating group) is 1. The van der Waals surface area contributed by atoms with Crippen LogP contribution in [0, 0.1) is 17.8 Å². The van der Waals surface area contributed by atoms with Crippen LogP contribution in [0.1, 0.15) is 63.5 Å². The van der Waals surface area contributed by atoms with Crippen molar-refractivity contribution in [2.75, 3.05) is 23.7 Å². The number of carbonyl (C=O) groups excluding carboxylic acids is 2. The molecule has 1 unspecified atom stereocenters. The molecule has 0 aromatic heterocycles. The Morgan fingerprint density at radius 1 is 1.00 bits per heavy atom. The highest BCUT2D eigenvalue weighted by Gasteiger charge is 2.51. The topological polar surface area (TPSA) is 86.8 Å². The van der Waals surface area contributed by atoms with Crippen LogP contribution in [0.3, 0.4) is 0 Å². The van der Waals surface area contributed by atoms with Gasteiger partial charge in [-0.2, -0.15) is 0 Å². The van der Waals surface area contributed by atoms with Crippen molar-refractivity contribution in [3.8, 4) is 0 Å². The van der Waals surface area contributed by atoms with E-state index in [-0.39, 0.29) is 17.9 Å². The third kappa shape index (κ3) is 6.40. The maximum Gasteiger partial charge on any atom is 0.244 e. The molecule has 4 aliphatic carbocycles. The third-order valence-corrected chi connectivity index (χ3v) is 11.1. The first kappa shape index (κ1) is 30.2. The second-order valence-electron chi connectivity index (χ2n) is 12.3. The molecule has 1 atom stereocenters. The summed E-state index contributed by atoms with van der Waals surface area (Å²) < 4.78 is 27.1. The Bertz CT molecular complexity index is 1380. The Morgan fingerprint density at radius 2 is 1.59 bits per heavy atom. The monoisotopic (exact) mass is 619 g/mol. The molecule has 2 aromatic carbocycles. The molecule has 2 amide bonds. The van der Waals surface area contributed by atoms with Crippen LogP contribution in [-0.2, 0) is 31.6 Å². The van der Waals surface area contributed by atoms with Crippen molar-refractivity contribution in [3.63, 3.8) is 0 Å². The van der Waals surface area contributed by atoms with Gasteiger partial charge >= 0.3 is 0 Å². The molecule has 0 aliphatic heterocycles. The number of nitrogens with zero attached hydrogens (tertiary/aromatic N) is 2. The van der Waals surface area contributed by atoms with Gasteiger partial charge in [0.15, 0.2) is 0 Å². The zero-order valence-electron chi connectivity index (χ0n) is 23.9. The molecule has 4 aliphatic rings. The molecule has 4 bridgehead atoms. The number of benzene rings is 2. The van der Waals surface area contributed by atoms with Crippen LogP contribution < -0.4 is 9.62 Å². The molecule has 1 N–H and O–H groups in total. The lowest BCUT2D eigenvalue weighted by Gasteiger charge is -2.57. The van der Waals surface area contributed by atoms with Crippen LogP contribution >= 0.6 is 23.2 Å². The summed E-state index contributed by atoms with van der Waals surface area (Å²) in [5, 5.41) is 3.56. The van der Waals surface area contributed by atoms with E-state index < -0.39 is 28.5 Å². The Hall–Kier alpha value is -2.29. The molecule has 0 radical (unpaired) electrons. The molecular formula is C31H39Cl2N3O4S. The highest BCUT2D eigenvalue weighted by Crippen LogP contribution is 2.60. The van der Waals surface area contributed by atoms with Crippen LogP contribution in [-0.4, -0.2) is 50.5 Å². The van der Waals surface area contributed by atoms with Crippen molar-refractivity contribution in [2.45, 2.75) is 70.4 Å². The highest BCUT2D eigenvalue weighted by molar-refractivity contribution is 7.92. The Labute approximate surface area is 253 Å². The molecule has 0 spiro atoms. The van der Waals surface area contributed by atoms with Crippen LogP contribution in [0.25, 0.3) is 0 Å². The predicted octanol–water partition coefficient (Wildman–Crippen LogP) is 5.78. The lowest BCUT2D eigenvalue weighted by molar-refractivity contribution is -0.139. The first-order valence-corrected chi connectivity index (χ1v) is 17.1. The Kier molecular flexibility index (Phi) is 8.66. The van der Waals surface area contributed by atoms with Crippen molar-refractivity contribution >= 4 is 50.7 Å². The fraction of sp³-hybridized carbons (Fsp3) is 0.548. The zero-order valence-corrected chi connectivity index (χ0v) is 26.2. The molecular weight excluding hydrogens is 581 g/mol. The summed E-state index contributed by atoms with van der Waals surface area (Å²) >= 11 is 12.4. The number of carbonyl (C=O) groups is 2. The lowest BCUT2D eigenvalue weighted by atomic mass is 9.48. The fourth-order valence-corrected chi connectivity index (χ4v) is 9.12. The van der Waals surface area contributed by atoms with Gasteiger partial charge in [-0.25, -0.2) is 8.42 Å². The first-order valence-electron chi connectivity index (χ1n) is 14.5. The summed E-state index contributed by atoms with van der Waals surface area (Å²) in [7, 11) is -3.81. The summed E-state index contributed by atoms with van der Waals surface area (Å²) in [4.78, 5) is 27.9. The number of hydrogen-bond acceptors (Lipinski definition) is 4. The predicted molar refractivity (Wildman–Crippen MR) is 164 cm³/mol. The number of nitrogens with one attached hydrogen (secondary N) is 1. The summed E-state index contributed by atoms with van der Waals surface area (Å²) in [6, 6.07) is 11.9. The first-order chi connectivity index (χ1) is 19.4. The van der Waals surface area contributed by atoms with Gasteiger partial charge in [0, 0.05) is 23.1 Å². The number of hydrogen-bond donors (Lipinski definition) is 1. The average Bonchev–Trinajstić information content (AvgIpc) is 2.89. The van der Waals surface area contributed by atoms with E-state index in [0.29, 0.717) is 27.8 Å². The number of amides is 2. The van der Waals surface area contributed by atoms with E-state index in [2.05, 4.69) is 17.4 Å². The summed E-state index contributed by atoms with van der Waals surface area (Å²) in [6.07, 6.45) is 8.81. The summed E-state index contributed by atoms with van der Waals surface area (Å²) in [5.74, 6) is 1.57. The van der Waals surface area contributed by atoms with Gasteiger partial charge in [0.1, 0.15) is 12.6 Å². The second kappa shape index (κ2) is 11.8. The second-order valence-corrected chi connectivity index (χ2v) is 15.1. The lowest BCUT2D eigenvalue weighted by Crippen LogP contribution is -2.51. The van der Waals surface area contributed by atoms with Crippen LogP contribution in [0.15, 0.2) is 42.5 Å². The van der Waals surface area contributed by atoms with Gasteiger partial charge in [-0.1, -0.05) is 41.4 Å². The number of halogens is 2. The van der Waals surface area contributed by atoms with E-state index in [4.69, 9.17) is 23.2 Å². The van der Waals surface area contributed by atoms with Crippen molar-refractivity contribution in [1.29, 1.82) is 0 Å². The van der Waals surface area contributed by atoms with Gasteiger partial charge in [-0.15, -0.1) is 0 Å². The Morgan fingerprint density at radius 3 is 2.10 bits per heavy atom. The molecule has 41 heavy (non-hydrogen) atoms. The molecule has 4 saturated carbocycles. The smallest absolute Gasteiger partial charge is 0.244 e. The van der Waals surface area contributed by atoms with Gasteiger partial charge < -0.3 is 10.2 Å². The van der Waals surface area contributed by atoms with Gasteiger partial charge in [0.25, 0.3) is 0 Å². The number of rotatable bonds is 10. The normalized spacial score (nSPS) is 25.5. The van der Waals surface area contributed by atoms with Gasteiger partial charge in [-0.05, 0) is 111 Å². The average molecular weight is 621 g/mol. The van der Waals surface area contributed by atoms with Gasteiger partial charge in [0.05, 0.1) is 11.9 Å². The number of anilines is 1. The van der Waals surface area contributed by atoms with Crippen molar-refractivity contribution < 1.29 is 18.0 Å². The molecule has 222 valence electrons. The molecule has 7 nitrogen and oxygen atoms in total. The van der Waals surface area contributed by atoms with Crippen LogP contribution in [0.2, 0.25) is 10.0 Å². The van der Waals surface area contributed by atoms with Crippen LogP contribution in [0.5, 0.6) is 0 Å². The van der Waals surface area contributed by atoms with E-state index in [1.807, 2.05) is 12.1 Å². The highest BCUT2D eigenvalue weighted by atomic mass is 35.5. The molecule has 0 heterocycles. The SMILES string of the molecule is CCNC(=O)C(C)N(Cc1ccc(Cl)cc1Cl)C(=O)CN(c1ccc(C23CC4CC(CC(C4)C2)C3)cc1)S(C)(=O)=O. The summed E-state index contributed by atoms with van der Waals surface area (Å²) in [5.41, 5.74) is 2.51. The fourth-order valence-electron chi connectivity index (χ4n) is 7.80. The third-order valence-electron chi connectivity index (χ3n) is 9.36. The minimum atomic E-state index is -3.81. The minimum absolute atomic E-state index is 0.0235. The van der Waals surface area contributed by atoms with Crippen LogP contribution in [0.4, 0.5) is 5.69 Å². The van der Waals surface area contributed by atoms with Crippen molar-refractivity contribution in [3.05, 3.63) is 63.6 Å². The van der Waals surface area contributed by atoms with E-state index in [9.17, 15) is 18.0 Å². The largest absolute Gasteiger partial charge is 0.355 e. The molecule has 0 saturated heterocycles. The van der Waals surface area contributed by atoms with Crippen molar-refractivity contribution in [1.82, 2.24) is 10.2 Å². The zero-order chi connectivity index (χ0) is 29.5. The van der Waals surface area contributed by atoms with E-state index >= 15 is 0 Å². The standard InChI is InChI=1S/C31H39Cl2N3O4S/c1-4-34-30(38)20(2)35(18-24-5-8-26(32)14-28(24)33)29(37)19-36(41(3,39)40)27-9-6-25(7-10-27)31-15-21-11-22(16-31)13-23(12-21)17-31/h5-10,14,20-23H,4,11-13,15-19H2,1-3H3,(H,34,38). The quantitative estimate of drug-likeness (QED) is 0.365. The molecule has 2 aromatic rings.